The van der Waals surface area contributed by atoms with Crippen molar-refractivity contribution >= 4 is 17.3 Å². The average Bonchev–Trinajstić information content (AvgIpc) is 2.20. The highest BCUT2D eigenvalue weighted by Gasteiger charge is 2.20. The molecule has 1 rings (SSSR count). The molecule has 1 saturated heterocycles. The maximum Gasteiger partial charge on any atom is 0.186 e. The monoisotopic (exact) mass is 161 g/mol. The first kappa shape index (κ1) is 7.71. The van der Waals surface area contributed by atoms with Crippen LogP contribution in [0.15, 0.2) is 0 Å². The fourth-order valence-electron chi connectivity index (χ4n) is 0.930. The fraction of sp³-hybridized carbons (Fsp3) is 0.800. The third-order valence-electron chi connectivity index (χ3n) is 1.50. The van der Waals surface area contributed by atoms with Gasteiger partial charge in [-0.3, -0.25) is 5.01 Å². The lowest BCUT2D eigenvalue weighted by Gasteiger charge is -2.16. The Balaban J connectivity index is 2.41. The van der Waals surface area contributed by atoms with Crippen LogP contribution >= 0.6 is 12.2 Å². The molecule has 0 radical (unpaired) electrons. The molecule has 1 fully saturated rings. The lowest BCUT2D eigenvalue weighted by atomic mass is 10.5. The first-order valence-corrected chi connectivity index (χ1v) is 3.58. The second-order valence-corrected chi connectivity index (χ2v) is 2.55. The van der Waals surface area contributed by atoms with Gasteiger partial charge in [-0.25, -0.2) is 5.84 Å². The van der Waals surface area contributed by atoms with E-state index in [0.717, 1.165) is 13.1 Å². The third kappa shape index (κ3) is 1.36. The minimum atomic E-state index is 0.133. The topological polar surface area (TPSA) is 52.7 Å². The predicted octanol–water partition coefficient (Wildman–Crippen LogP) is -1.25. The summed E-state index contributed by atoms with van der Waals surface area (Å²) in [6.07, 6.45) is 0. The Morgan fingerprint density at radius 3 is 2.70 bits per heavy atom. The van der Waals surface area contributed by atoms with E-state index in [9.17, 15) is 0 Å². The van der Waals surface area contributed by atoms with Crippen LogP contribution in [-0.2, 0) is 0 Å². The summed E-state index contributed by atoms with van der Waals surface area (Å²) in [7, 11) is 0. The van der Waals surface area contributed by atoms with E-state index in [4.69, 9.17) is 23.2 Å². The van der Waals surface area contributed by atoms with Crippen LogP contribution in [0.25, 0.3) is 0 Å². The summed E-state index contributed by atoms with van der Waals surface area (Å²) in [5.74, 6) is 5.47. The lowest BCUT2D eigenvalue weighted by Crippen LogP contribution is -2.37. The standard InChI is InChI=1S/C5H11N3OS/c6-8-2-1-7(3-4-9)5(8)10/h9H,1-4,6H2. The van der Waals surface area contributed by atoms with Crippen LogP contribution in [-0.4, -0.2) is 46.4 Å². The van der Waals surface area contributed by atoms with Crippen LogP contribution in [0.3, 0.4) is 0 Å². The molecule has 0 aliphatic carbocycles. The van der Waals surface area contributed by atoms with Gasteiger partial charge >= 0.3 is 0 Å². The highest BCUT2D eigenvalue weighted by molar-refractivity contribution is 7.80. The minimum Gasteiger partial charge on any atom is -0.395 e. The molecule has 0 saturated carbocycles. The Hall–Kier alpha value is -0.390. The van der Waals surface area contributed by atoms with E-state index in [1.165, 1.54) is 5.01 Å². The summed E-state index contributed by atoms with van der Waals surface area (Å²) in [6, 6.07) is 0. The van der Waals surface area contributed by atoms with Crippen molar-refractivity contribution in [2.45, 2.75) is 0 Å². The largest absolute Gasteiger partial charge is 0.395 e. The Morgan fingerprint density at radius 1 is 1.60 bits per heavy atom. The SMILES string of the molecule is NN1CCN(CCO)C1=S. The molecule has 10 heavy (non-hydrogen) atoms. The summed E-state index contributed by atoms with van der Waals surface area (Å²) in [6.45, 7) is 2.31. The molecule has 5 heteroatoms. The lowest BCUT2D eigenvalue weighted by molar-refractivity contribution is 0.258. The predicted molar refractivity (Wildman–Crippen MR) is 42.2 cm³/mol. The number of aliphatic hydroxyl groups is 1. The number of aliphatic hydroxyl groups excluding tert-OH is 1. The van der Waals surface area contributed by atoms with Gasteiger partial charge in [0.05, 0.1) is 13.2 Å². The molecule has 1 aliphatic rings. The number of hydrazine groups is 1. The average molecular weight is 161 g/mol. The molecule has 0 aromatic carbocycles. The molecular weight excluding hydrogens is 150 g/mol. The summed E-state index contributed by atoms with van der Waals surface area (Å²) >= 11 is 4.94. The molecule has 3 N–H and O–H groups in total. The van der Waals surface area contributed by atoms with Crippen molar-refractivity contribution < 1.29 is 5.11 Å². The Labute approximate surface area is 65.2 Å². The first-order chi connectivity index (χ1) is 4.75. The Morgan fingerprint density at radius 2 is 2.30 bits per heavy atom. The van der Waals surface area contributed by atoms with Crippen LogP contribution in [0.2, 0.25) is 0 Å². The fourth-order valence-corrected chi connectivity index (χ4v) is 1.20. The molecule has 0 aromatic rings. The smallest absolute Gasteiger partial charge is 0.186 e. The van der Waals surface area contributed by atoms with Crippen LogP contribution in [0, 0.1) is 0 Å². The molecule has 0 atom stereocenters. The highest BCUT2D eigenvalue weighted by Crippen LogP contribution is 2.02. The zero-order valence-electron chi connectivity index (χ0n) is 5.66. The van der Waals surface area contributed by atoms with Crippen LogP contribution in [0.5, 0.6) is 0 Å². The van der Waals surface area contributed by atoms with Crippen molar-refractivity contribution in [3.05, 3.63) is 0 Å². The van der Waals surface area contributed by atoms with E-state index < -0.39 is 0 Å². The third-order valence-corrected chi connectivity index (χ3v) is 1.99. The second kappa shape index (κ2) is 3.14. The summed E-state index contributed by atoms with van der Waals surface area (Å²) in [5, 5.41) is 10.7. The van der Waals surface area contributed by atoms with Crippen molar-refractivity contribution in [3.63, 3.8) is 0 Å². The van der Waals surface area contributed by atoms with Gasteiger partial charge in [0.1, 0.15) is 0 Å². The van der Waals surface area contributed by atoms with Gasteiger partial charge < -0.3 is 10.0 Å². The van der Waals surface area contributed by atoms with Gasteiger partial charge in [-0.1, -0.05) is 0 Å². The molecular formula is C5H11N3OS. The van der Waals surface area contributed by atoms with E-state index in [1.54, 1.807) is 0 Å². The number of hydrogen-bond donors (Lipinski definition) is 2. The molecule has 1 heterocycles. The van der Waals surface area contributed by atoms with Crippen LogP contribution < -0.4 is 5.84 Å². The van der Waals surface area contributed by atoms with Gasteiger partial charge in [-0.05, 0) is 12.2 Å². The maximum absolute atomic E-state index is 8.57. The van der Waals surface area contributed by atoms with E-state index in [1.807, 2.05) is 4.90 Å². The van der Waals surface area contributed by atoms with Crippen molar-refractivity contribution in [3.8, 4) is 0 Å². The van der Waals surface area contributed by atoms with Crippen LogP contribution in [0.1, 0.15) is 0 Å². The Bertz CT molecular complexity index is 139. The van der Waals surface area contributed by atoms with Crippen molar-refractivity contribution in [1.82, 2.24) is 9.91 Å². The molecule has 0 aromatic heterocycles. The minimum absolute atomic E-state index is 0.133. The van der Waals surface area contributed by atoms with E-state index in [0.29, 0.717) is 11.7 Å². The van der Waals surface area contributed by atoms with E-state index >= 15 is 0 Å². The van der Waals surface area contributed by atoms with Crippen molar-refractivity contribution in [1.29, 1.82) is 0 Å². The Kier molecular flexibility index (Phi) is 2.42. The van der Waals surface area contributed by atoms with E-state index in [2.05, 4.69) is 0 Å². The maximum atomic E-state index is 8.57. The number of nitrogens with two attached hydrogens (primary N) is 1. The van der Waals surface area contributed by atoms with Gasteiger partial charge in [0.15, 0.2) is 5.11 Å². The molecule has 4 nitrogen and oxygen atoms in total. The zero-order valence-corrected chi connectivity index (χ0v) is 6.47. The molecule has 0 unspecified atom stereocenters. The van der Waals surface area contributed by atoms with Gasteiger partial charge in [-0.2, -0.15) is 0 Å². The van der Waals surface area contributed by atoms with Crippen molar-refractivity contribution in [2.24, 2.45) is 5.84 Å². The number of thiocarbonyl (C=S) groups is 1. The highest BCUT2D eigenvalue weighted by atomic mass is 32.1. The van der Waals surface area contributed by atoms with E-state index in [-0.39, 0.29) is 6.61 Å². The number of hydrogen-bond acceptors (Lipinski definition) is 3. The van der Waals surface area contributed by atoms with Gasteiger partial charge in [0, 0.05) is 13.1 Å². The van der Waals surface area contributed by atoms with Gasteiger partial charge in [-0.15, -0.1) is 0 Å². The van der Waals surface area contributed by atoms with Gasteiger partial charge in [0.25, 0.3) is 0 Å². The van der Waals surface area contributed by atoms with Gasteiger partial charge in [0.2, 0.25) is 0 Å². The molecule has 0 spiro atoms. The zero-order chi connectivity index (χ0) is 7.56. The summed E-state index contributed by atoms with van der Waals surface area (Å²) in [5.41, 5.74) is 0. The number of rotatable bonds is 2. The number of nitrogens with zero attached hydrogens (tertiary/aromatic N) is 2. The first-order valence-electron chi connectivity index (χ1n) is 3.17. The van der Waals surface area contributed by atoms with Crippen molar-refractivity contribution in [2.75, 3.05) is 26.2 Å². The summed E-state index contributed by atoms with van der Waals surface area (Å²) in [4.78, 5) is 1.88. The molecule has 0 bridgehead atoms. The van der Waals surface area contributed by atoms with Crippen LogP contribution in [0.4, 0.5) is 0 Å². The molecule has 58 valence electrons. The summed E-state index contributed by atoms with van der Waals surface area (Å²) < 4.78 is 0. The quantitative estimate of drug-likeness (QED) is 0.392. The normalized spacial score (nSPS) is 18.8. The molecule has 0 amide bonds. The second-order valence-electron chi connectivity index (χ2n) is 2.19. The molecule has 1 aliphatic heterocycles. The number of β-amino-alcohol motifs (C(OH)–C–C–N with tert-alkyl or cyclic N) is 1.